The molecule has 0 atom stereocenters. The van der Waals surface area contributed by atoms with Crippen LogP contribution in [0, 0.1) is 18.3 Å². The largest absolute Gasteiger partial charge is 0.478 e. The summed E-state index contributed by atoms with van der Waals surface area (Å²) in [5.41, 5.74) is 3.30. The van der Waals surface area contributed by atoms with Gasteiger partial charge >= 0.3 is 0 Å². The first-order valence-corrected chi connectivity index (χ1v) is 8.79. The number of aryl methyl sites for hydroxylation is 1. The Morgan fingerprint density at radius 2 is 2.07 bits per heavy atom. The molecule has 0 unspecified atom stereocenters. The molecule has 27 heavy (non-hydrogen) atoms. The second kappa shape index (κ2) is 6.65. The van der Waals surface area contributed by atoms with E-state index >= 15 is 0 Å². The third-order valence-electron chi connectivity index (χ3n) is 4.78. The predicted molar refractivity (Wildman–Crippen MR) is 103 cm³/mol. The number of rotatable bonds is 4. The number of carbonyl (C=O) groups excluding carboxylic acids is 1. The van der Waals surface area contributed by atoms with E-state index in [4.69, 9.17) is 14.7 Å². The maximum atomic E-state index is 12.8. The van der Waals surface area contributed by atoms with Crippen LogP contribution in [-0.2, 0) is 6.54 Å². The van der Waals surface area contributed by atoms with Crippen LogP contribution in [0.25, 0.3) is 17.0 Å². The molecule has 5 heteroatoms. The second-order valence-electron chi connectivity index (χ2n) is 6.34. The second-order valence-corrected chi connectivity index (χ2v) is 6.34. The van der Waals surface area contributed by atoms with Crippen molar-refractivity contribution in [2.24, 2.45) is 0 Å². The van der Waals surface area contributed by atoms with Crippen molar-refractivity contribution in [3.8, 4) is 17.6 Å². The molecule has 1 aliphatic heterocycles. The van der Waals surface area contributed by atoms with Crippen LogP contribution in [0.15, 0.2) is 48.4 Å². The monoisotopic (exact) mass is 358 g/mol. The highest BCUT2D eigenvalue weighted by atomic mass is 16.5. The van der Waals surface area contributed by atoms with Crippen LogP contribution < -0.4 is 9.47 Å². The highest BCUT2D eigenvalue weighted by Gasteiger charge is 2.30. The standard InChI is InChI=1S/C22H18N2O3/c1-3-24-13-15(16-6-4-5-7-18(16)24)12-20-21(25)17-8-9-19(26-11-10-23)14(2)22(17)27-20/h4-9,12-13H,3,11H2,1-2H3/b20-12-. The molecule has 2 aromatic carbocycles. The first-order valence-electron chi connectivity index (χ1n) is 8.79. The van der Waals surface area contributed by atoms with Crippen molar-refractivity contribution in [3.05, 3.63) is 65.0 Å². The summed E-state index contributed by atoms with van der Waals surface area (Å²) in [6.07, 6.45) is 3.83. The maximum Gasteiger partial charge on any atom is 0.231 e. The minimum absolute atomic E-state index is 0.0488. The number of fused-ring (bicyclic) bond motifs is 2. The van der Waals surface area contributed by atoms with Crippen LogP contribution in [0.4, 0.5) is 0 Å². The van der Waals surface area contributed by atoms with Crippen molar-refractivity contribution < 1.29 is 14.3 Å². The molecule has 4 rings (SSSR count). The van der Waals surface area contributed by atoms with E-state index < -0.39 is 0 Å². The third-order valence-corrected chi connectivity index (χ3v) is 4.78. The maximum absolute atomic E-state index is 12.8. The van der Waals surface area contributed by atoms with Crippen molar-refractivity contribution >= 4 is 22.8 Å². The Labute approximate surface area is 157 Å². The number of para-hydroxylation sites is 1. The molecule has 2 heterocycles. The zero-order valence-electron chi connectivity index (χ0n) is 15.2. The van der Waals surface area contributed by atoms with Crippen molar-refractivity contribution in [1.82, 2.24) is 4.57 Å². The molecule has 0 aliphatic carbocycles. The molecule has 0 saturated carbocycles. The number of ether oxygens (including phenoxy) is 2. The molecule has 0 bridgehead atoms. The van der Waals surface area contributed by atoms with Gasteiger partial charge in [0.1, 0.15) is 17.6 Å². The van der Waals surface area contributed by atoms with Crippen LogP contribution in [0.3, 0.4) is 0 Å². The Morgan fingerprint density at radius 1 is 1.26 bits per heavy atom. The van der Waals surface area contributed by atoms with Gasteiger partial charge in [-0.1, -0.05) is 18.2 Å². The molecule has 0 fully saturated rings. The summed E-state index contributed by atoms with van der Waals surface area (Å²) in [5, 5.41) is 9.78. The van der Waals surface area contributed by atoms with E-state index in [-0.39, 0.29) is 12.4 Å². The summed E-state index contributed by atoms with van der Waals surface area (Å²) in [4.78, 5) is 12.8. The lowest BCUT2D eigenvalue weighted by molar-refractivity contribution is 0.101. The molecule has 3 aromatic rings. The smallest absolute Gasteiger partial charge is 0.231 e. The van der Waals surface area contributed by atoms with Gasteiger partial charge in [-0.15, -0.1) is 0 Å². The van der Waals surface area contributed by atoms with Crippen LogP contribution in [-0.4, -0.2) is 17.0 Å². The van der Waals surface area contributed by atoms with Crippen molar-refractivity contribution in [2.45, 2.75) is 20.4 Å². The minimum atomic E-state index is -0.145. The van der Waals surface area contributed by atoms with Gasteiger partial charge in [0, 0.05) is 34.8 Å². The van der Waals surface area contributed by atoms with Crippen LogP contribution in [0.2, 0.25) is 0 Å². The van der Waals surface area contributed by atoms with Crippen molar-refractivity contribution in [3.63, 3.8) is 0 Å². The van der Waals surface area contributed by atoms with Crippen LogP contribution >= 0.6 is 0 Å². The number of aromatic nitrogens is 1. The first kappa shape index (κ1) is 16.9. The summed E-state index contributed by atoms with van der Waals surface area (Å²) in [6, 6.07) is 13.4. The number of ketones is 1. The zero-order chi connectivity index (χ0) is 19.0. The Kier molecular flexibility index (Phi) is 4.17. The summed E-state index contributed by atoms with van der Waals surface area (Å²) in [5.74, 6) is 1.20. The molecule has 0 spiro atoms. The van der Waals surface area contributed by atoms with Gasteiger partial charge in [0.15, 0.2) is 12.4 Å². The summed E-state index contributed by atoms with van der Waals surface area (Å²) in [6.45, 7) is 4.71. The third kappa shape index (κ3) is 2.76. The fraction of sp³-hybridized carbons (Fsp3) is 0.182. The Bertz CT molecular complexity index is 1130. The van der Waals surface area contributed by atoms with E-state index in [1.54, 1.807) is 18.2 Å². The lowest BCUT2D eigenvalue weighted by Crippen LogP contribution is -1.98. The zero-order valence-corrected chi connectivity index (χ0v) is 15.2. The van der Waals surface area contributed by atoms with Crippen molar-refractivity contribution in [2.75, 3.05) is 6.61 Å². The molecule has 0 N–H and O–H groups in total. The normalized spacial score (nSPS) is 14.3. The number of Topliss-reactive ketones (excluding diaryl/α,β-unsaturated/α-hetero) is 1. The van der Waals surface area contributed by atoms with Crippen molar-refractivity contribution in [1.29, 1.82) is 5.26 Å². The average molecular weight is 358 g/mol. The fourth-order valence-electron chi connectivity index (χ4n) is 3.43. The van der Waals surface area contributed by atoms with Gasteiger partial charge in [-0.05, 0) is 38.1 Å². The van der Waals surface area contributed by atoms with Gasteiger partial charge in [0.05, 0.1) is 5.56 Å². The van der Waals surface area contributed by atoms with E-state index in [1.807, 2.05) is 37.4 Å². The van der Waals surface area contributed by atoms with Gasteiger partial charge in [-0.3, -0.25) is 4.79 Å². The van der Waals surface area contributed by atoms with Gasteiger partial charge in [-0.25, -0.2) is 0 Å². The van der Waals surface area contributed by atoms with Gasteiger partial charge in [0.2, 0.25) is 5.78 Å². The van der Waals surface area contributed by atoms with Crippen LogP contribution in [0.1, 0.15) is 28.4 Å². The SMILES string of the molecule is CCn1cc(/C=C2\Oc3c(ccc(OCC#N)c3C)C2=O)c2ccccc21. The molecular weight excluding hydrogens is 340 g/mol. The molecule has 0 radical (unpaired) electrons. The first-order chi connectivity index (χ1) is 13.1. The topological polar surface area (TPSA) is 64.2 Å². The lowest BCUT2D eigenvalue weighted by Gasteiger charge is -2.08. The molecule has 1 aliphatic rings. The summed E-state index contributed by atoms with van der Waals surface area (Å²) in [7, 11) is 0. The number of nitriles is 1. The van der Waals surface area contributed by atoms with E-state index in [9.17, 15) is 4.79 Å². The number of carbonyl (C=O) groups is 1. The molecule has 5 nitrogen and oxygen atoms in total. The summed E-state index contributed by atoms with van der Waals surface area (Å²) < 4.78 is 13.5. The lowest BCUT2D eigenvalue weighted by atomic mass is 10.1. The minimum Gasteiger partial charge on any atom is -0.478 e. The Morgan fingerprint density at radius 3 is 2.85 bits per heavy atom. The van der Waals surface area contributed by atoms with Gasteiger partial charge < -0.3 is 14.0 Å². The molecular formula is C22H18N2O3. The number of benzene rings is 2. The number of allylic oxidation sites excluding steroid dienone is 1. The number of nitrogens with zero attached hydrogens (tertiary/aromatic N) is 2. The molecule has 1 aromatic heterocycles. The molecule has 134 valence electrons. The molecule has 0 amide bonds. The highest BCUT2D eigenvalue weighted by Crippen LogP contribution is 2.39. The fourth-order valence-corrected chi connectivity index (χ4v) is 3.43. The number of hydrogen-bond donors (Lipinski definition) is 0. The van der Waals surface area contributed by atoms with E-state index in [0.717, 1.165) is 28.6 Å². The highest BCUT2D eigenvalue weighted by molar-refractivity contribution is 6.15. The predicted octanol–water partition coefficient (Wildman–Crippen LogP) is 4.49. The summed E-state index contributed by atoms with van der Waals surface area (Å²) >= 11 is 0. The molecule has 0 saturated heterocycles. The van der Waals surface area contributed by atoms with E-state index in [2.05, 4.69) is 17.6 Å². The number of hydrogen-bond acceptors (Lipinski definition) is 4. The Hall–Kier alpha value is -3.52. The Balaban J connectivity index is 1.75. The quantitative estimate of drug-likeness (QED) is 0.645. The van der Waals surface area contributed by atoms with Gasteiger partial charge in [-0.2, -0.15) is 5.26 Å². The van der Waals surface area contributed by atoms with Crippen LogP contribution in [0.5, 0.6) is 11.5 Å². The van der Waals surface area contributed by atoms with E-state index in [0.29, 0.717) is 22.8 Å². The van der Waals surface area contributed by atoms with Gasteiger partial charge in [0.25, 0.3) is 0 Å². The van der Waals surface area contributed by atoms with E-state index in [1.165, 1.54) is 0 Å². The average Bonchev–Trinajstić information content (AvgIpc) is 3.20.